The molecule has 1 fully saturated rings. The van der Waals surface area contributed by atoms with E-state index in [1.54, 1.807) is 11.0 Å². The highest BCUT2D eigenvalue weighted by Gasteiger charge is 2.21. The van der Waals surface area contributed by atoms with E-state index in [1.807, 2.05) is 22.6 Å². The lowest BCUT2D eigenvalue weighted by atomic mass is 10.1. The molecule has 154 valence electrons. The number of carbonyl (C=O) groups excluding carboxylic acids is 2. The highest BCUT2D eigenvalue weighted by molar-refractivity contribution is 14.1. The molecule has 1 heterocycles. The van der Waals surface area contributed by atoms with Gasteiger partial charge in [-0.3, -0.25) is 9.59 Å². The fourth-order valence-electron chi connectivity index (χ4n) is 3.16. The molecule has 0 bridgehead atoms. The van der Waals surface area contributed by atoms with Crippen molar-refractivity contribution in [1.29, 1.82) is 0 Å². The predicted molar refractivity (Wildman–Crippen MR) is 113 cm³/mol. The van der Waals surface area contributed by atoms with Gasteiger partial charge in [0, 0.05) is 29.1 Å². The van der Waals surface area contributed by atoms with Gasteiger partial charge in [-0.2, -0.15) is 0 Å². The summed E-state index contributed by atoms with van der Waals surface area (Å²) in [6.45, 7) is 1.42. The Hall–Kier alpha value is -2.43. The second-order valence-corrected chi connectivity index (χ2v) is 7.87. The van der Waals surface area contributed by atoms with Gasteiger partial charge in [-0.25, -0.2) is 8.78 Å². The maximum atomic E-state index is 14.2. The number of nitrogens with two attached hydrogens (primary N) is 1. The van der Waals surface area contributed by atoms with Crippen molar-refractivity contribution in [2.45, 2.75) is 19.3 Å². The Bertz CT molecular complexity index is 939. The van der Waals surface area contributed by atoms with Crippen LogP contribution in [0.4, 0.5) is 20.2 Å². The van der Waals surface area contributed by atoms with Crippen molar-refractivity contribution in [3.8, 4) is 5.75 Å². The van der Waals surface area contributed by atoms with Crippen LogP contribution >= 0.6 is 22.6 Å². The van der Waals surface area contributed by atoms with Crippen molar-refractivity contribution in [2.75, 3.05) is 25.0 Å². The van der Waals surface area contributed by atoms with Crippen molar-refractivity contribution >= 4 is 45.8 Å². The Morgan fingerprint density at radius 1 is 1.24 bits per heavy atom. The van der Waals surface area contributed by atoms with Crippen LogP contribution in [0, 0.1) is 15.2 Å². The predicted octanol–water partition coefficient (Wildman–Crippen LogP) is 3.80. The quantitative estimate of drug-likeness (QED) is 0.414. The minimum atomic E-state index is -0.830. The molecular weight excluding hydrogens is 495 g/mol. The second kappa shape index (κ2) is 9.38. The van der Waals surface area contributed by atoms with Crippen molar-refractivity contribution < 1.29 is 23.1 Å². The number of benzene rings is 2. The molecule has 0 atom stereocenters. The molecule has 0 radical (unpaired) electrons. The third kappa shape index (κ3) is 5.34. The first-order chi connectivity index (χ1) is 13.8. The molecule has 29 heavy (non-hydrogen) atoms. The normalized spacial score (nSPS) is 13.6. The number of hydrogen-bond donors (Lipinski definition) is 2. The number of anilines is 2. The topological polar surface area (TPSA) is 84.7 Å². The van der Waals surface area contributed by atoms with E-state index in [4.69, 9.17) is 10.5 Å². The molecule has 0 spiro atoms. The number of nitrogens with one attached hydrogen (secondary N) is 1. The molecule has 9 heteroatoms. The van der Waals surface area contributed by atoms with Gasteiger partial charge in [0.05, 0.1) is 18.0 Å². The fourth-order valence-corrected chi connectivity index (χ4v) is 3.62. The van der Waals surface area contributed by atoms with Crippen LogP contribution in [0.25, 0.3) is 0 Å². The van der Waals surface area contributed by atoms with Crippen LogP contribution < -0.4 is 15.8 Å². The second-order valence-electron chi connectivity index (χ2n) is 6.63. The molecule has 6 nitrogen and oxygen atoms in total. The maximum Gasteiger partial charge on any atom is 0.254 e. The smallest absolute Gasteiger partial charge is 0.254 e. The number of amides is 2. The van der Waals surface area contributed by atoms with Crippen LogP contribution in [0.3, 0.4) is 0 Å². The maximum absolute atomic E-state index is 14.2. The van der Waals surface area contributed by atoms with Crippen LogP contribution in [0.15, 0.2) is 30.3 Å². The van der Waals surface area contributed by atoms with Gasteiger partial charge in [-0.05, 0) is 59.7 Å². The molecular formula is C20H20F2IN3O3. The fraction of sp³-hybridized carbons (Fsp3) is 0.300. The average molecular weight is 515 g/mol. The minimum Gasteiger partial charge on any atom is -0.492 e. The van der Waals surface area contributed by atoms with Crippen molar-refractivity contribution in [3.63, 3.8) is 0 Å². The van der Waals surface area contributed by atoms with Gasteiger partial charge in [-0.15, -0.1) is 0 Å². The van der Waals surface area contributed by atoms with Crippen LogP contribution in [0.2, 0.25) is 0 Å². The lowest BCUT2D eigenvalue weighted by Gasteiger charge is -2.18. The first kappa shape index (κ1) is 21.3. The molecule has 1 saturated heterocycles. The molecule has 3 rings (SSSR count). The van der Waals surface area contributed by atoms with E-state index in [2.05, 4.69) is 5.32 Å². The molecule has 0 aromatic heterocycles. The van der Waals surface area contributed by atoms with Gasteiger partial charge in [-0.1, -0.05) is 0 Å². The number of halogens is 3. The summed E-state index contributed by atoms with van der Waals surface area (Å²) in [7, 11) is 0. The number of carbonyl (C=O) groups is 2. The van der Waals surface area contributed by atoms with Gasteiger partial charge in [0.2, 0.25) is 5.91 Å². The highest BCUT2D eigenvalue weighted by atomic mass is 127. The first-order valence-corrected chi connectivity index (χ1v) is 10.2. The molecule has 0 saturated carbocycles. The Balaban J connectivity index is 1.76. The average Bonchev–Trinajstić information content (AvgIpc) is 3.05. The summed E-state index contributed by atoms with van der Waals surface area (Å²) in [5, 5.41) is 2.72. The van der Waals surface area contributed by atoms with E-state index in [-0.39, 0.29) is 35.2 Å². The van der Waals surface area contributed by atoms with E-state index in [0.717, 1.165) is 25.1 Å². The lowest BCUT2D eigenvalue weighted by Crippen LogP contribution is -2.26. The Morgan fingerprint density at radius 3 is 2.69 bits per heavy atom. The van der Waals surface area contributed by atoms with Crippen LogP contribution in [-0.2, 0) is 4.79 Å². The number of nitrogens with zero attached hydrogens (tertiary/aromatic N) is 1. The van der Waals surface area contributed by atoms with Gasteiger partial charge < -0.3 is 20.7 Å². The molecule has 2 aromatic rings. The van der Waals surface area contributed by atoms with Gasteiger partial charge >= 0.3 is 0 Å². The Kier molecular flexibility index (Phi) is 6.88. The molecule has 0 aliphatic carbocycles. The standard InChI is InChI=1S/C20H20F2IN3O3/c21-12-9-16(25-15-5-4-13(23)11-14(15)22)19(20(24)28)17(10-12)29-8-2-7-26-6-1-3-18(26)27/h4-5,9-11,25H,1-3,6-8H2,(H2,24,28). The number of likely N-dealkylation sites (tertiary alicyclic amines) is 1. The van der Waals surface area contributed by atoms with E-state index < -0.39 is 17.5 Å². The Labute approximate surface area is 180 Å². The third-order valence-electron chi connectivity index (χ3n) is 4.52. The first-order valence-electron chi connectivity index (χ1n) is 9.11. The van der Waals surface area contributed by atoms with Crippen molar-refractivity contribution in [1.82, 2.24) is 4.90 Å². The van der Waals surface area contributed by atoms with Gasteiger partial charge in [0.1, 0.15) is 22.9 Å². The van der Waals surface area contributed by atoms with Crippen LogP contribution in [0.5, 0.6) is 5.75 Å². The van der Waals surface area contributed by atoms with Crippen molar-refractivity contribution in [3.05, 3.63) is 51.1 Å². The minimum absolute atomic E-state index is 0.0160. The van der Waals surface area contributed by atoms with E-state index in [1.165, 1.54) is 12.1 Å². The lowest BCUT2D eigenvalue weighted by molar-refractivity contribution is -0.127. The molecule has 2 aromatic carbocycles. The molecule has 2 amide bonds. The summed E-state index contributed by atoms with van der Waals surface area (Å²) in [5.41, 5.74) is 5.50. The highest BCUT2D eigenvalue weighted by Crippen LogP contribution is 2.31. The molecule has 3 N–H and O–H groups in total. The number of ether oxygens (including phenoxy) is 1. The van der Waals surface area contributed by atoms with Crippen molar-refractivity contribution in [2.24, 2.45) is 5.73 Å². The zero-order chi connectivity index (χ0) is 21.0. The number of rotatable bonds is 8. The monoisotopic (exact) mass is 515 g/mol. The molecule has 1 aliphatic heterocycles. The van der Waals surface area contributed by atoms with Gasteiger partial charge in [0.25, 0.3) is 5.91 Å². The summed E-state index contributed by atoms with van der Waals surface area (Å²) in [4.78, 5) is 25.4. The zero-order valence-electron chi connectivity index (χ0n) is 15.5. The number of primary amides is 1. The summed E-state index contributed by atoms with van der Waals surface area (Å²) >= 11 is 1.97. The largest absolute Gasteiger partial charge is 0.492 e. The summed E-state index contributed by atoms with van der Waals surface area (Å²) in [6.07, 6.45) is 1.93. The molecule has 1 aliphatic rings. The SMILES string of the molecule is NC(=O)c1c(Nc2ccc(I)cc2F)cc(F)cc1OCCCN1CCCC1=O. The summed E-state index contributed by atoms with van der Waals surface area (Å²) in [5.74, 6) is -1.95. The van der Waals surface area contributed by atoms with E-state index in [9.17, 15) is 18.4 Å². The van der Waals surface area contributed by atoms with E-state index in [0.29, 0.717) is 23.0 Å². The zero-order valence-corrected chi connectivity index (χ0v) is 17.7. The third-order valence-corrected chi connectivity index (χ3v) is 5.19. The summed E-state index contributed by atoms with van der Waals surface area (Å²) < 4.78 is 34.6. The van der Waals surface area contributed by atoms with Crippen LogP contribution in [-0.4, -0.2) is 36.4 Å². The Morgan fingerprint density at radius 2 is 2.03 bits per heavy atom. The van der Waals surface area contributed by atoms with Crippen LogP contribution in [0.1, 0.15) is 29.6 Å². The van der Waals surface area contributed by atoms with E-state index >= 15 is 0 Å². The van der Waals surface area contributed by atoms with Gasteiger partial charge in [0.15, 0.2) is 0 Å². The number of hydrogen-bond acceptors (Lipinski definition) is 4. The molecule has 0 unspecified atom stereocenters. The summed E-state index contributed by atoms with van der Waals surface area (Å²) in [6, 6.07) is 6.60.